The van der Waals surface area contributed by atoms with Crippen molar-refractivity contribution in [3.8, 4) is 0 Å². The first-order valence-corrected chi connectivity index (χ1v) is 5.07. The Bertz CT molecular complexity index is 407. The van der Waals surface area contributed by atoms with Gasteiger partial charge in [-0.3, -0.25) is 10.1 Å². The number of para-hydroxylation sites is 1. The molecule has 1 aromatic rings. The third-order valence-corrected chi connectivity index (χ3v) is 2.36. The molecule has 0 radical (unpaired) electrons. The van der Waals surface area contributed by atoms with Gasteiger partial charge >= 0.3 is 0 Å². The van der Waals surface area contributed by atoms with E-state index in [0.717, 1.165) is 0 Å². The Morgan fingerprint density at radius 3 is 2.69 bits per heavy atom. The first-order chi connectivity index (χ1) is 7.37. The molecule has 0 atom stereocenters. The number of nitro groups is 1. The molecule has 0 amide bonds. The van der Waals surface area contributed by atoms with Gasteiger partial charge in [0.25, 0.3) is 5.69 Å². The number of anilines is 1. The highest BCUT2D eigenvalue weighted by Gasteiger charge is 2.23. The Morgan fingerprint density at radius 2 is 2.19 bits per heavy atom. The lowest BCUT2D eigenvalue weighted by Crippen LogP contribution is -2.35. The largest absolute Gasteiger partial charge is 0.394 e. The minimum absolute atomic E-state index is 0.103. The van der Waals surface area contributed by atoms with Crippen LogP contribution >= 0.6 is 11.6 Å². The summed E-state index contributed by atoms with van der Waals surface area (Å²) in [6, 6.07) is 4.43. The number of rotatable bonds is 4. The molecule has 0 saturated heterocycles. The molecule has 5 nitrogen and oxygen atoms in total. The highest BCUT2D eigenvalue weighted by Crippen LogP contribution is 2.33. The van der Waals surface area contributed by atoms with Gasteiger partial charge in [-0.15, -0.1) is 0 Å². The number of aliphatic hydroxyl groups is 1. The summed E-state index contributed by atoms with van der Waals surface area (Å²) >= 11 is 5.89. The SMILES string of the molecule is CC(C)(CO)Nc1c(Cl)cccc1[N+](=O)[O-]. The molecule has 0 unspecified atom stereocenters. The summed E-state index contributed by atoms with van der Waals surface area (Å²) in [5.41, 5.74) is -0.544. The molecule has 0 aromatic heterocycles. The molecule has 0 aliphatic rings. The Kier molecular flexibility index (Phi) is 3.72. The van der Waals surface area contributed by atoms with E-state index in [1.807, 2.05) is 0 Å². The minimum atomic E-state index is -0.671. The molecule has 88 valence electrons. The van der Waals surface area contributed by atoms with E-state index in [2.05, 4.69) is 5.32 Å². The molecule has 0 aliphatic heterocycles. The molecule has 2 N–H and O–H groups in total. The van der Waals surface area contributed by atoms with Gasteiger partial charge in [0.1, 0.15) is 5.69 Å². The Balaban J connectivity index is 3.16. The smallest absolute Gasteiger partial charge is 0.293 e. The number of hydrogen-bond donors (Lipinski definition) is 2. The molecular weight excluding hydrogens is 232 g/mol. The van der Waals surface area contributed by atoms with E-state index in [4.69, 9.17) is 16.7 Å². The van der Waals surface area contributed by atoms with Crippen molar-refractivity contribution in [3.05, 3.63) is 33.3 Å². The van der Waals surface area contributed by atoms with Crippen LogP contribution in [0.5, 0.6) is 0 Å². The highest BCUT2D eigenvalue weighted by molar-refractivity contribution is 6.33. The van der Waals surface area contributed by atoms with Crippen LogP contribution in [0.4, 0.5) is 11.4 Å². The predicted octanol–water partition coefficient (Wildman–Crippen LogP) is 2.43. The predicted molar refractivity (Wildman–Crippen MR) is 62.9 cm³/mol. The molecule has 0 heterocycles. The second kappa shape index (κ2) is 4.67. The van der Waals surface area contributed by atoms with Gasteiger partial charge in [-0.2, -0.15) is 0 Å². The first-order valence-electron chi connectivity index (χ1n) is 4.69. The van der Waals surface area contributed by atoms with E-state index >= 15 is 0 Å². The van der Waals surface area contributed by atoms with Gasteiger partial charge < -0.3 is 10.4 Å². The van der Waals surface area contributed by atoms with E-state index in [0.29, 0.717) is 0 Å². The van der Waals surface area contributed by atoms with Gasteiger partial charge in [0, 0.05) is 6.07 Å². The molecule has 6 heteroatoms. The normalized spacial score (nSPS) is 11.2. The topological polar surface area (TPSA) is 75.4 Å². The maximum absolute atomic E-state index is 10.8. The van der Waals surface area contributed by atoms with Crippen molar-refractivity contribution in [2.75, 3.05) is 11.9 Å². The fourth-order valence-corrected chi connectivity index (χ4v) is 1.38. The van der Waals surface area contributed by atoms with E-state index in [1.54, 1.807) is 19.9 Å². The van der Waals surface area contributed by atoms with Crippen LogP contribution in [-0.2, 0) is 0 Å². The van der Waals surface area contributed by atoms with Crippen LogP contribution in [0.2, 0.25) is 5.02 Å². The number of nitrogens with zero attached hydrogens (tertiary/aromatic N) is 1. The summed E-state index contributed by atoms with van der Waals surface area (Å²) in [5, 5.41) is 23.0. The molecule has 0 fully saturated rings. The molecule has 1 rings (SSSR count). The van der Waals surface area contributed by atoms with Gasteiger partial charge in [0.2, 0.25) is 0 Å². The molecule has 1 aromatic carbocycles. The second-order valence-corrected chi connectivity index (χ2v) is 4.47. The zero-order valence-corrected chi connectivity index (χ0v) is 9.78. The molecule has 0 spiro atoms. The monoisotopic (exact) mass is 244 g/mol. The number of nitro benzene ring substituents is 1. The quantitative estimate of drug-likeness (QED) is 0.630. The lowest BCUT2D eigenvalue weighted by molar-refractivity contribution is -0.384. The number of benzene rings is 1. The summed E-state index contributed by atoms with van der Waals surface area (Å²) in [4.78, 5) is 10.3. The summed E-state index contributed by atoms with van der Waals surface area (Å²) in [7, 11) is 0. The maximum Gasteiger partial charge on any atom is 0.293 e. The van der Waals surface area contributed by atoms with Crippen molar-refractivity contribution in [3.63, 3.8) is 0 Å². The number of hydrogen-bond acceptors (Lipinski definition) is 4. The van der Waals surface area contributed by atoms with Crippen LogP contribution in [0.1, 0.15) is 13.8 Å². The van der Waals surface area contributed by atoms with E-state index in [-0.39, 0.29) is 23.0 Å². The van der Waals surface area contributed by atoms with Gasteiger partial charge in [0.05, 0.1) is 22.1 Å². The third kappa shape index (κ3) is 2.84. The van der Waals surface area contributed by atoms with Gasteiger partial charge in [-0.1, -0.05) is 17.7 Å². The van der Waals surface area contributed by atoms with Crippen molar-refractivity contribution >= 4 is 23.0 Å². The molecule has 0 saturated carbocycles. The van der Waals surface area contributed by atoms with E-state index in [1.165, 1.54) is 12.1 Å². The van der Waals surface area contributed by atoms with Crippen molar-refractivity contribution in [2.45, 2.75) is 19.4 Å². The van der Waals surface area contributed by atoms with Crippen molar-refractivity contribution < 1.29 is 10.0 Å². The Morgan fingerprint density at radius 1 is 1.56 bits per heavy atom. The number of aliphatic hydroxyl groups excluding tert-OH is 1. The lowest BCUT2D eigenvalue weighted by atomic mass is 10.1. The van der Waals surface area contributed by atoms with Crippen LogP contribution in [0.25, 0.3) is 0 Å². The summed E-state index contributed by atoms with van der Waals surface area (Å²) < 4.78 is 0. The van der Waals surface area contributed by atoms with Gasteiger partial charge in [-0.25, -0.2) is 0 Å². The van der Waals surface area contributed by atoms with Gasteiger partial charge in [-0.05, 0) is 19.9 Å². The van der Waals surface area contributed by atoms with Crippen LogP contribution < -0.4 is 5.32 Å². The standard InChI is InChI=1S/C10H13ClN2O3/c1-10(2,6-14)12-9-7(11)4-3-5-8(9)13(15)16/h3-5,12,14H,6H2,1-2H3. The molecule has 0 aliphatic carbocycles. The van der Waals surface area contributed by atoms with Crippen LogP contribution in [0, 0.1) is 10.1 Å². The lowest BCUT2D eigenvalue weighted by Gasteiger charge is -2.25. The number of nitrogens with one attached hydrogen (secondary N) is 1. The fraction of sp³-hybridized carbons (Fsp3) is 0.400. The molecule has 0 bridgehead atoms. The summed E-state index contributed by atoms with van der Waals surface area (Å²) in [5.74, 6) is 0. The van der Waals surface area contributed by atoms with Crippen molar-refractivity contribution in [1.29, 1.82) is 0 Å². The summed E-state index contributed by atoms with van der Waals surface area (Å²) in [6.07, 6.45) is 0. The average molecular weight is 245 g/mol. The highest BCUT2D eigenvalue weighted by atomic mass is 35.5. The van der Waals surface area contributed by atoms with Crippen LogP contribution in [-0.4, -0.2) is 22.2 Å². The number of halogens is 1. The van der Waals surface area contributed by atoms with Gasteiger partial charge in [0.15, 0.2) is 0 Å². The minimum Gasteiger partial charge on any atom is -0.394 e. The average Bonchev–Trinajstić information content (AvgIpc) is 2.20. The van der Waals surface area contributed by atoms with E-state index in [9.17, 15) is 10.1 Å². The van der Waals surface area contributed by atoms with Crippen LogP contribution in [0.15, 0.2) is 18.2 Å². The first kappa shape index (κ1) is 12.7. The van der Waals surface area contributed by atoms with E-state index < -0.39 is 10.5 Å². The van der Waals surface area contributed by atoms with Crippen molar-refractivity contribution in [2.24, 2.45) is 0 Å². The maximum atomic E-state index is 10.8. The molecular formula is C10H13ClN2O3. The second-order valence-electron chi connectivity index (χ2n) is 4.06. The molecule has 16 heavy (non-hydrogen) atoms. The zero-order valence-electron chi connectivity index (χ0n) is 9.03. The summed E-state index contributed by atoms with van der Waals surface area (Å²) in [6.45, 7) is 3.29. The fourth-order valence-electron chi connectivity index (χ4n) is 1.17. The third-order valence-electron chi connectivity index (χ3n) is 2.05. The zero-order chi connectivity index (χ0) is 12.3. The Hall–Kier alpha value is -1.33. The van der Waals surface area contributed by atoms with Crippen LogP contribution in [0.3, 0.4) is 0 Å². The van der Waals surface area contributed by atoms with Crippen molar-refractivity contribution in [1.82, 2.24) is 0 Å². The Labute approximate surface area is 98.2 Å².